The molecule has 0 heterocycles. The zero-order chi connectivity index (χ0) is 19.4. The molecular formula is C19H14ClFN2O3S. The second kappa shape index (κ2) is 7.77. The zero-order valence-corrected chi connectivity index (χ0v) is 15.4. The lowest BCUT2D eigenvalue weighted by Crippen LogP contribution is -2.15. The number of hydrogen-bond acceptors (Lipinski definition) is 3. The molecule has 0 radical (unpaired) electrons. The minimum Gasteiger partial charge on any atom is -0.319 e. The van der Waals surface area contributed by atoms with Gasteiger partial charge in [-0.05, 0) is 48.5 Å². The van der Waals surface area contributed by atoms with Gasteiger partial charge in [-0.15, -0.1) is 0 Å². The average Bonchev–Trinajstić information content (AvgIpc) is 2.64. The molecule has 5 nitrogen and oxygen atoms in total. The fourth-order valence-corrected chi connectivity index (χ4v) is 3.55. The van der Waals surface area contributed by atoms with Crippen LogP contribution >= 0.6 is 11.6 Å². The van der Waals surface area contributed by atoms with E-state index >= 15 is 0 Å². The lowest BCUT2D eigenvalue weighted by Gasteiger charge is -2.10. The van der Waals surface area contributed by atoms with Crippen LogP contribution in [0.2, 0.25) is 5.02 Å². The fraction of sp³-hybridized carbons (Fsp3) is 0. The number of halogens is 2. The Morgan fingerprint density at radius 2 is 1.67 bits per heavy atom. The molecule has 0 aliphatic rings. The standard InChI is InChI=1S/C19H14ClFN2O3S/c20-14-9-10-18(17(21)12-14)22-19(24)13-5-4-6-15(11-13)23-27(25,26)16-7-2-1-3-8-16/h1-12,23H,(H,22,24). The van der Waals surface area contributed by atoms with Gasteiger partial charge in [-0.25, -0.2) is 12.8 Å². The van der Waals surface area contributed by atoms with Crippen LogP contribution in [-0.4, -0.2) is 14.3 Å². The Balaban J connectivity index is 1.80. The summed E-state index contributed by atoms with van der Waals surface area (Å²) in [7, 11) is -3.78. The summed E-state index contributed by atoms with van der Waals surface area (Å²) in [4.78, 5) is 12.5. The number of hydrogen-bond donors (Lipinski definition) is 2. The van der Waals surface area contributed by atoms with Gasteiger partial charge in [-0.1, -0.05) is 35.9 Å². The van der Waals surface area contributed by atoms with Gasteiger partial charge in [0.2, 0.25) is 0 Å². The lowest BCUT2D eigenvalue weighted by molar-refractivity contribution is 0.102. The molecule has 3 aromatic carbocycles. The maximum Gasteiger partial charge on any atom is 0.261 e. The van der Waals surface area contributed by atoms with Crippen LogP contribution < -0.4 is 10.0 Å². The normalized spacial score (nSPS) is 11.0. The summed E-state index contributed by atoms with van der Waals surface area (Å²) in [5, 5.41) is 2.64. The van der Waals surface area contributed by atoms with E-state index in [1.807, 2.05) is 0 Å². The van der Waals surface area contributed by atoms with E-state index in [1.54, 1.807) is 18.2 Å². The van der Waals surface area contributed by atoms with Crippen LogP contribution in [0.4, 0.5) is 15.8 Å². The van der Waals surface area contributed by atoms with Crippen molar-refractivity contribution in [3.05, 3.63) is 89.2 Å². The number of rotatable bonds is 5. The third-order valence-corrected chi connectivity index (χ3v) is 5.24. The van der Waals surface area contributed by atoms with E-state index in [0.717, 1.165) is 6.07 Å². The Kier molecular flexibility index (Phi) is 5.43. The van der Waals surface area contributed by atoms with Crippen molar-refractivity contribution in [2.24, 2.45) is 0 Å². The largest absolute Gasteiger partial charge is 0.319 e. The van der Waals surface area contributed by atoms with E-state index in [-0.39, 0.29) is 26.9 Å². The van der Waals surface area contributed by atoms with E-state index in [0.29, 0.717) is 0 Å². The molecule has 3 aromatic rings. The number of carbonyl (C=O) groups is 1. The molecule has 1 amide bonds. The highest BCUT2D eigenvalue weighted by Crippen LogP contribution is 2.21. The van der Waals surface area contributed by atoms with E-state index in [4.69, 9.17) is 11.6 Å². The first-order valence-corrected chi connectivity index (χ1v) is 9.65. The Morgan fingerprint density at radius 1 is 0.926 bits per heavy atom. The summed E-state index contributed by atoms with van der Waals surface area (Å²) in [5.41, 5.74) is 0.348. The molecular weight excluding hydrogens is 391 g/mol. The lowest BCUT2D eigenvalue weighted by atomic mass is 10.2. The summed E-state index contributed by atoms with van der Waals surface area (Å²) in [6, 6.07) is 17.6. The second-order valence-electron chi connectivity index (χ2n) is 5.58. The van der Waals surface area contributed by atoms with Crippen LogP contribution in [0, 0.1) is 5.82 Å². The SMILES string of the molecule is O=C(Nc1ccc(Cl)cc1F)c1cccc(NS(=O)(=O)c2ccccc2)c1. The predicted molar refractivity (Wildman–Crippen MR) is 103 cm³/mol. The summed E-state index contributed by atoms with van der Waals surface area (Å²) in [5.74, 6) is -1.26. The first-order chi connectivity index (χ1) is 12.8. The summed E-state index contributed by atoms with van der Waals surface area (Å²) in [6.45, 7) is 0. The first-order valence-electron chi connectivity index (χ1n) is 7.79. The van der Waals surface area contributed by atoms with E-state index in [9.17, 15) is 17.6 Å². The number of amides is 1. The van der Waals surface area contributed by atoms with Gasteiger partial charge < -0.3 is 5.32 Å². The third kappa shape index (κ3) is 4.64. The van der Waals surface area contributed by atoms with Crippen LogP contribution in [0.5, 0.6) is 0 Å². The van der Waals surface area contributed by atoms with Gasteiger partial charge in [0.25, 0.3) is 15.9 Å². The van der Waals surface area contributed by atoms with Crippen molar-refractivity contribution < 1.29 is 17.6 Å². The molecule has 2 N–H and O–H groups in total. The fourth-order valence-electron chi connectivity index (χ4n) is 2.32. The van der Waals surface area contributed by atoms with Crippen molar-refractivity contribution >= 4 is 38.9 Å². The zero-order valence-electron chi connectivity index (χ0n) is 13.8. The van der Waals surface area contributed by atoms with Gasteiger partial charge in [0.05, 0.1) is 10.6 Å². The molecule has 0 atom stereocenters. The monoisotopic (exact) mass is 404 g/mol. The van der Waals surface area contributed by atoms with Crippen molar-refractivity contribution in [3.63, 3.8) is 0 Å². The van der Waals surface area contributed by atoms with E-state index < -0.39 is 21.7 Å². The highest BCUT2D eigenvalue weighted by molar-refractivity contribution is 7.92. The molecule has 27 heavy (non-hydrogen) atoms. The quantitative estimate of drug-likeness (QED) is 0.655. The maximum atomic E-state index is 13.8. The average molecular weight is 405 g/mol. The molecule has 8 heteroatoms. The highest BCUT2D eigenvalue weighted by Gasteiger charge is 2.15. The van der Waals surface area contributed by atoms with Crippen molar-refractivity contribution in [3.8, 4) is 0 Å². The smallest absolute Gasteiger partial charge is 0.261 e. The predicted octanol–water partition coefficient (Wildman–Crippen LogP) is 4.53. The number of benzene rings is 3. The van der Waals surface area contributed by atoms with Gasteiger partial charge in [-0.2, -0.15) is 0 Å². The van der Waals surface area contributed by atoms with Crippen molar-refractivity contribution in [1.29, 1.82) is 0 Å². The van der Waals surface area contributed by atoms with Crippen molar-refractivity contribution in [2.75, 3.05) is 10.0 Å². The van der Waals surface area contributed by atoms with Crippen LogP contribution in [0.15, 0.2) is 77.7 Å². The number of nitrogens with one attached hydrogen (secondary N) is 2. The van der Waals surface area contributed by atoms with Crippen LogP contribution in [0.3, 0.4) is 0 Å². The maximum absolute atomic E-state index is 13.8. The Hall–Kier alpha value is -2.90. The molecule has 0 bridgehead atoms. The highest BCUT2D eigenvalue weighted by atomic mass is 35.5. The summed E-state index contributed by atoms with van der Waals surface area (Å²) < 4.78 is 41.0. The van der Waals surface area contributed by atoms with Gasteiger partial charge >= 0.3 is 0 Å². The molecule has 0 saturated carbocycles. The molecule has 0 aromatic heterocycles. The molecule has 0 aliphatic heterocycles. The van der Waals surface area contributed by atoms with Gasteiger partial charge in [-0.3, -0.25) is 9.52 Å². The molecule has 0 unspecified atom stereocenters. The van der Waals surface area contributed by atoms with Crippen LogP contribution in [-0.2, 0) is 10.0 Å². The Labute approximate surface area is 160 Å². The van der Waals surface area contributed by atoms with E-state index in [2.05, 4.69) is 10.0 Å². The Bertz CT molecular complexity index is 1090. The second-order valence-corrected chi connectivity index (χ2v) is 7.70. The molecule has 0 spiro atoms. The molecule has 0 fully saturated rings. The minimum atomic E-state index is -3.78. The molecule has 3 rings (SSSR count). The van der Waals surface area contributed by atoms with E-state index in [1.165, 1.54) is 48.5 Å². The summed E-state index contributed by atoms with van der Waals surface area (Å²) >= 11 is 5.69. The number of anilines is 2. The third-order valence-electron chi connectivity index (χ3n) is 3.61. The summed E-state index contributed by atoms with van der Waals surface area (Å²) in [6.07, 6.45) is 0. The van der Waals surface area contributed by atoms with Gasteiger partial charge in [0, 0.05) is 16.3 Å². The first kappa shape index (κ1) is 18.9. The van der Waals surface area contributed by atoms with Crippen molar-refractivity contribution in [2.45, 2.75) is 4.90 Å². The number of sulfonamides is 1. The molecule has 0 saturated heterocycles. The molecule has 0 aliphatic carbocycles. The van der Waals surface area contributed by atoms with Gasteiger partial charge in [0.15, 0.2) is 0 Å². The van der Waals surface area contributed by atoms with Gasteiger partial charge in [0.1, 0.15) is 5.82 Å². The topological polar surface area (TPSA) is 75.3 Å². The minimum absolute atomic E-state index is 0.0281. The van der Waals surface area contributed by atoms with Crippen molar-refractivity contribution in [1.82, 2.24) is 0 Å². The Morgan fingerprint density at radius 3 is 2.37 bits per heavy atom. The molecule has 138 valence electrons. The number of carbonyl (C=O) groups excluding carboxylic acids is 1. The van der Waals surface area contributed by atoms with Crippen LogP contribution in [0.25, 0.3) is 0 Å². The van der Waals surface area contributed by atoms with Crippen LogP contribution in [0.1, 0.15) is 10.4 Å².